The maximum atomic E-state index is 3.96. The number of hydrogen-bond acceptors (Lipinski definition) is 4. The number of aryl methyl sites for hydroxylation is 2. The Morgan fingerprint density at radius 1 is 1.18 bits per heavy atom. The summed E-state index contributed by atoms with van der Waals surface area (Å²) in [5.74, 6) is 0.782. The minimum absolute atomic E-state index is 0.782. The van der Waals surface area contributed by atoms with Crippen LogP contribution in [0.1, 0.15) is 22.5 Å². The van der Waals surface area contributed by atoms with Gasteiger partial charge in [-0.1, -0.05) is 23.4 Å². The van der Waals surface area contributed by atoms with Crippen LogP contribution in [0.4, 0.5) is 0 Å². The van der Waals surface area contributed by atoms with Crippen LogP contribution in [0, 0.1) is 0 Å². The maximum Gasteiger partial charge on any atom is 0.174 e. The molecule has 0 unspecified atom stereocenters. The van der Waals surface area contributed by atoms with E-state index in [4.69, 9.17) is 0 Å². The van der Waals surface area contributed by atoms with Gasteiger partial charge < -0.3 is 5.32 Å². The lowest BCUT2D eigenvalue weighted by Crippen LogP contribution is -2.23. The monoisotopic (exact) mass is 229 g/mol. The van der Waals surface area contributed by atoms with Crippen molar-refractivity contribution in [2.45, 2.75) is 25.8 Å². The fourth-order valence-corrected chi connectivity index (χ4v) is 2.23. The van der Waals surface area contributed by atoms with Crippen molar-refractivity contribution in [3.05, 3.63) is 40.7 Å². The van der Waals surface area contributed by atoms with Crippen molar-refractivity contribution in [3.63, 3.8) is 0 Å². The number of aromatic nitrogens is 4. The average Bonchev–Trinajstić information content (AvgIpc) is 2.89. The van der Waals surface area contributed by atoms with Gasteiger partial charge >= 0.3 is 0 Å². The van der Waals surface area contributed by atoms with Crippen LogP contribution in [-0.4, -0.2) is 27.2 Å². The molecule has 0 fully saturated rings. The molecule has 17 heavy (non-hydrogen) atoms. The van der Waals surface area contributed by atoms with Crippen molar-refractivity contribution >= 4 is 0 Å². The van der Waals surface area contributed by atoms with Crippen LogP contribution in [-0.2, 0) is 25.8 Å². The van der Waals surface area contributed by atoms with Gasteiger partial charge in [0.25, 0.3) is 0 Å². The number of rotatable bonds is 3. The summed E-state index contributed by atoms with van der Waals surface area (Å²) < 4.78 is 0. The summed E-state index contributed by atoms with van der Waals surface area (Å²) >= 11 is 0. The third-order valence-corrected chi connectivity index (χ3v) is 3.18. The molecule has 2 N–H and O–H groups in total. The van der Waals surface area contributed by atoms with E-state index >= 15 is 0 Å². The van der Waals surface area contributed by atoms with Crippen LogP contribution >= 0.6 is 0 Å². The molecule has 1 aromatic carbocycles. The number of H-pyrrole nitrogens is 1. The Morgan fingerprint density at radius 3 is 3.06 bits per heavy atom. The average molecular weight is 229 g/mol. The number of benzene rings is 1. The van der Waals surface area contributed by atoms with Crippen LogP contribution in [0.15, 0.2) is 18.2 Å². The standard InChI is InChI=1S/C12H15N5/c1-3-11-8-13-6-5-10(11)7-9(1)2-4-12-14-16-17-15-12/h1,3,7,13H,2,4-6,8H2,(H,14,15,16,17). The molecule has 0 saturated carbocycles. The predicted octanol–water partition coefficient (Wildman–Crippen LogP) is 0.631. The molecule has 2 heterocycles. The number of nitrogens with zero attached hydrogens (tertiary/aromatic N) is 3. The molecule has 0 amide bonds. The molecule has 0 aliphatic carbocycles. The van der Waals surface area contributed by atoms with Crippen molar-refractivity contribution in [1.29, 1.82) is 0 Å². The Balaban J connectivity index is 1.71. The first-order chi connectivity index (χ1) is 8.42. The van der Waals surface area contributed by atoms with E-state index in [1.807, 2.05) is 0 Å². The third-order valence-electron chi connectivity index (χ3n) is 3.18. The van der Waals surface area contributed by atoms with Gasteiger partial charge in [-0.15, -0.1) is 10.2 Å². The molecule has 5 heteroatoms. The minimum atomic E-state index is 0.782. The molecule has 3 rings (SSSR count). The zero-order chi connectivity index (χ0) is 11.5. The second-order valence-electron chi connectivity index (χ2n) is 4.36. The Hall–Kier alpha value is -1.75. The highest BCUT2D eigenvalue weighted by atomic mass is 15.5. The second kappa shape index (κ2) is 4.63. The van der Waals surface area contributed by atoms with E-state index in [-0.39, 0.29) is 0 Å². The van der Waals surface area contributed by atoms with Crippen LogP contribution in [0.2, 0.25) is 0 Å². The van der Waals surface area contributed by atoms with Gasteiger partial charge in [0.05, 0.1) is 0 Å². The van der Waals surface area contributed by atoms with Crippen molar-refractivity contribution in [2.24, 2.45) is 0 Å². The maximum absolute atomic E-state index is 3.96. The molecule has 0 radical (unpaired) electrons. The number of tetrazole rings is 1. The van der Waals surface area contributed by atoms with E-state index < -0.39 is 0 Å². The molecular formula is C12H15N5. The quantitative estimate of drug-likeness (QED) is 0.810. The summed E-state index contributed by atoms with van der Waals surface area (Å²) in [7, 11) is 0. The van der Waals surface area contributed by atoms with Gasteiger partial charge in [0, 0.05) is 13.0 Å². The van der Waals surface area contributed by atoms with Gasteiger partial charge in [0.15, 0.2) is 5.82 Å². The molecule has 0 atom stereocenters. The van der Waals surface area contributed by atoms with Crippen LogP contribution in [0.25, 0.3) is 0 Å². The van der Waals surface area contributed by atoms with Crippen LogP contribution < -0.4 is 5.32 Å². The highest BCUT2D eigenvalue weighted by molar-refractivity contribution is 5.34. The summed E-state index contributed by atoms with van der Waals surface area (Å²) in [4.78, 5) is 0. The highest BCUT2D eigenvalue weighted by Gasteiger charge is 2.09. The molecule has 0 spiro atoms. The fourth-order valence-electron chi connectivity index (χ4n) is 2.23. The molecule has 0 bridgehead atoms. The summed E-state index contributed by atoms with van der Waals surface area (Å²) in [5, 5.41) is 17.3. The normalized spacial score (nSPS) is 14.6. The number of nitrogens with one attached hydrogen (secondary N) is 2. The first kappa shape index (κ1) is 10.4. The molecule has 88 valence electrons. The van der Waals surface area contributed by atoms with Crippen molar-refractivity contribution in [3.8, 4) is 0 Å². The van der Waals surface area contributed by atoms with Gasteiger partial charge in [-0.05, 0) is 36.1 Å². The SMILES string of the molecule is c1cc2c(cc1CCc1nn[nH]n1)CCNC2. The highest BCUT2D eigenvalue weighted by Crippen LogP contribution is 2.16. The van der Waals surface area contributed by atoms with E-state index in [0.29, 0.717) is 0 Å². The lowest BCUT2D eigenvalue weighted by molar-refractivity contribution is 0.642. The van der Waals surface area contributed by atoms with Gasteiger partial charge in [-0.25, -0.2) is 0 Å². The third kappa shape index (κ3) is 2.34. The molecule has 1 aromatic heterocycles. The number of aromatic amines is 1. The van der Waals surface area contributed by atoms with Gasteiger partial charge in [-0.3, -0.25) is 0 Å². The Bertz CT molecular complexity index is 492. The van der Waals surface area contributed by atoms with Gasteiger partial charge in [-0.2, -0.15) is 5.21 Å². The Kier molecular flexibility index (Phi) is 2.83. The second-order valence-corrected chi connectivity index (χ2v) is 4.36. The molecule has 5 nitrogen and oxygen atoms in total. The van der Waals surface area contributed by atoms with Gasteiger partial charge in [0.1, 0.15) is 0 Å². The topological polar surface area (TPSA) is 66.5 Å². The largest absolute Gasteiger partial charge is 0.312 e. The minimum Gasteiger partial charge on any atom is -0.312 e. The van der Waals surface area contributed by atoms with E-state index in [1.165, 1.54) is 16.7 Å². The number of hydrogen-bond donors (Lipinski definition) is 2. The van der Waals surface area contributed by atoms with E-state index in [9.17, 15) is 0 Å². The summed E-state index contributed by atoms with van der Waals surface area (Å²) in [6.07, 6.45) is 2.94. The predicted molar refractivity (Wildman–Crippen MR) is 63.4 cm³/mol. The molecular weight excluding hydrogens is 214 g/mol. The first-order valence-electron chi connectivity index (χ1n) is 5.95. The number of fused-ring (bicyclic) bond motifs is 1. The van der Waals surface area contributed by atoms with E-state index in [2.05, 4.69) is 44.1 Å². The Labute approximate surface area is 99.6 Å². The molecule has 1 aliphatic rings. The Morgan fingerprint density at radius 2 is 2.18 bits per heavy atom. The van der Waals surface area contributed by atoms with Crippen molar-refractivity contribution in [2.75, 3.05) is 6.54 Å². The smallest absolute Gasteiger partial charge is 0.174 e. The molecule has 0 saturated heterocycles. The van der Waals surface area contributed by atoms with Crippen molar-refractivity contribution in [1.82, 2.24) is 25.9 Å². The molecule has 2 aromatic rings. The van der Waals surface area contributed by atoms with E-state index in [1.54, 1.807) is 0 Å². The summed E-state index contributed by atoms with van der Waals surface area (Å²) in [6.45, 7) is 2.09. The first-order valence-corrected chi connectivity index (χ1v) is 5.95. The fraction of sp³-hybridized carbons (Fsp3) is 0.417. The lowest BCUT2D eigenvalue weighted by Gasteiger charge is -2.17. The summed E-state index contributed by atoms with van der Waals surface area (Å²) in [5.41, 5.74) is 4.27. The summed E-state index contributed by atoms with van der Waals surface area (Å²) in [6, 6.07) is 6.75. The zero-order valence-corrected chi connectivity index (χ0v) is 9.61. The zero-order valence-electron chi connectivity index (χ0n) is 9.61. The molecule has 1 aliphatic heterocycles. The van der Waals surface area contributed by atoms with E-state index in [0.717, 1.165) is 38.2 Å². The van der Waals surface area contributed by atoms with Crippen molar-refractivity contribution < 1.29 is 0 Å². The lowest BCUT2D eigenvalue weighted by atomic mass is 9.97. The van der Waals surface area contributed by atoms with Crippen LogP contribution in [0.3, 0.4) is 0 Å². The van der Waals surface area contributed by atoms with Crippen LogP contribution in [0.5, 0.6) is 0 Å². The van der Waals surface area contributed by atoms with Gasteiger partial charge in [0.2, 0.25) is 0 Å².